The SMILES string of the molecule is CCC(=O)c1cccc(F)c1NCc1ccccc1. The number of hydrogen-bond donors (Lipinski definition) is 1. The van der Waals surface area contributed by atoms with Crippen LogP contribution in [0, 0.1) is 5.82 Å². The van der Waals surface area contributed by atoms with Crippen LogP contribution in [0.3, 0.4) is 0 Å². The Hall–Kier alpha value is -2.16. The number of carbonyl (C=O) groups is 1. The molecule has 0 aliphatic rings. The first-order valence-corrected chi connectivity index (χ1v) is 6.32. The van der Waals surface area contributed by atoms with Gasteiger partial charge in [0.05, 0.1) is 5.69 Å². The van der Waals surface area contributed by atoms with Crippen molar-refractivity contribution in [3.8, 4) is 0 Å². The van der Waals surface area contributed by atoms with Gasteiger partial charge in [0.1, 0.15) is 5.82 Å². The minimum absolute atomic E-state index is 0.0601. The zero-order valence-electron chi connectivity index (χ0n) is 10.8. The zero-order chi connectivity index (χ0) is 13.7. The van der Waals surface area contributed by atoms with E-state index in [0.29, 0.717) is 24.2 Å². The van der Waals surface area contributed by atoms with Gasteiger partial charge in [-0.1, -0.05) is 43.3 Å². The lowest BCUT2D eigenvalue weighted by Crippen LogP contribution is -2.08. The monoisotopic (exact) mass is 257 g/mol. The summed E-state index contributed by atoms with van der Waals surface area (Å²) in [5.74, 6) is -0.453. The molecule has 0 atom stereocenters. The highest BCUT2D eigenvalue weighted by molar-refractivity contribution is 6.01. The van der Waals surface area contributed by atoms with Crippen LogP contribution in [0.5, 0.6) is 0 Å². The van der Waals surface area contributed by atoms with Crippen molar-refractivity contribution in [2.45, 2.75) is 19.9 Å². The molecule has 2 aromatic carbocycles. The van der Waals surface area contributed by atoms with Gasteiger partial charge >= 0.3 is 0 Å². The predicted molar refractivity (Wildman–Crippen MR) is 74.8 cm³/mol. The second-order valence-corrected chi connectivity index (χ2v) is 4.28. The maximum Gasteiger partial charge on any atom is 0.164 e. The van der Waals surface area contributed by atoms with Crippen molar-refractivity contribution in [1.82, 2.24) is 0 Å². The van der Waals surface area contributed by atoms with Crippen LogP contribution in [-0.4, -0.2) is 5.78 Å². The quantitative estimate of drug-likeness (QED) is 0.819. The van der Waals surface area contributed by atoms with Crippen molar-refractivity contribution in [2.75, 3.05) is 5.32 Å². The third-order valence-electron chi connectivity index (χ3n) is 2.95. The van der Waals surface area contributed by atoms with Crippen LogP contribution in [0.2, 0.25) is 0 Å². The van der Waals surface area contributed by atoms with Gasteiger partial charge in [-0.3, -0.25) is 4.79 Å². The Morgan fingerprint density at radius 3 is 2.53 bits per heavy atom. The van der Waals surface area contributed by atoms with Crippen LogP contribution in [0.4, 0.5) is 10.1 Å². The van der Waals surface area contributed by atoms with Crippen LogP contribution >= 0.6 is 0 Å². The zero-order valence-corrected chi connectivity index (χ0v) is 10.8. The molecule has 0 saturated heterocycles. The Bertz CT molecular complexity index is 566. The number of rotatable bonds is 5. The summed E-state index contributed by atoms with van der Waals surface area (Å²) in [5.41, 5.74) is 1.75. The first-order valence-electron chi connectivity index (χ1n) is 6.32. The molecule has 2 aromatic rings. The van der Waals surface area contributed by atoms with Crippen molar-refractivity contribution >= 4 is 11.5 Å². The molecule has 3 heteroatoms. The number of carbonyl (C=O) groups excluding carboxylic acids is 1. The van der Waals surface area contributed by atoms with Gasteiger partial charge in [-0.05, 0) is 17.7 Å². The van der Waals surface area contributed by atoms with E-state index in [1.807, 2.05) is 30.3 Å². The average molecular weight is 257 g/mol. The molecule has 2 rings (SSSR count). The molecule has 0 heterocycles. The fourth-order valence-electron chi connectivity index (χ4n) is 1.91. The molecule has 0 fully saturated rings. The number of benzene rings is 2. The van der Waals surface area contributed by atoms with Crippen molar-refractivity contribution < 1.29 is 9.18 Å². The van der Waals surface area contributed by atoms with Gasteiger partial charge in [0.15, 0.2) is 5.78 Å². The lowest BCUT2D eigenvalue weighted by atomic mass is 10.1. The fraction of sp³-hybridized carbons (Fsp3) is 0.188. The number of halogens is 1. The molecular formula is C16H16FNO. The van der Waals surface area contributed by atoms with Gasteiger partial charge in [0, 0.05) is 18.5 Å². The summed E-state index contributed by atoms with van der Waals surface area (Å²) in [6.45, 7) is 2.26. The van der Waals surface area contributed by atoms with Crippen LogP contribution < -0.4 is 5.32 Å². The van der Waals surface area contributed by atoms with E-state index in [-0.39, 0.29) is 5.78 Å². The third kappa shape index (κ3) is 3.19. The summed E-state index contributed by atoms with van der Waals surface area (Å²) in [5, 5.41) is 3.02. The molecule has 0 aliphatic carbocycles. The van der Waals surface area contributed by atoms with Gasteiger partial charge < -0.3 is 5.32 Å². The number of nitrogens with one attached hydrogen (secondary N) is 1. The Balaban J connectivity index is 2.22. The first kappa shape index (κ1) is 13.3. The highest BCUT2D eigenvalue weighted by Crippen LogP contribution is 2.22. The van der Waals surface area contributed by atoms with E-state index in [2.05, 4.69) is 5.32 Å². The number of hydrogen-bond acceptors (Lipinski definition) is 2. The fourth-order valence-corrected chi connectivity index (χ4v) is 1.91. The van der Waals surface area contributed by atoms with Crippen LogP contribution in [0.1, 0.15) is 29.3 Å². The number of ketones is 1. The Morgan fingerprint density at radius 2 is 1.84 bits per heavy atom. The van der Waals surface area contributed by atoms with Crippen LogP contribution in [-0.2, 0) is 6.54 Å². The van der Waals surface area contributed by atoms with Gasteiger partial charge in [0.25, 0.3) is 0 Å². The molecular weight excluding hydrogens is 241 g/mol. The van der Waals surface area contributed by atoms with E-state index >= 15 is 0 Å². The van der Waals surface area contributed by atoms with E-state index < -0.39 is 5.82 Å². The minimum Gasteiger partial charge on any atom is -0.378 e. The highest BCUT2D eigenvalue weighted by atomic mass is 19.1. The van der Waals surface area contributed by atoms with Gasteiger partial charge in [-0.15, -0.1) is 0 Å². The van der Waals surface area contributed by atoms with Crippen molar-refractivity contribution in [2.24, 2.45) is 0 Å². The van der Waals surface area contributed by atoms with Gasteiger partial charge in [0.2, 0.25) is 0 Å². The first-order chi connectivity index (χ1) is 9.22. The molecule has 19 heavy (non-hydrogen) atoms. The lowest BCUT2D eigenvalue weighted by Gasteiger charge is -2.12. The second kappa shape index (κ2) is 6.14. The summed E-state index contributed by atoms with van der Waals surface area (Å²) in [6, 6.07) is 14.3. The number of anilines is 1. The number of para-hydroxylation sites is 1. The normalized spacial score (nSPS) is 10.2. The van der Waals surface area contributed by atoms with E-state index in [9.17, 15) is 9.18 Å². The predicted octanol–water partition coefficient (Wildman–Crippen LogP) is 4.03. The van der Waals surface area contributed by atoms with Crippen molar-refractivity contribution in [3.63, 3.8) is 0 Å². The summed E-state index contributed by atoms with van der Waals surface area (Å²) >= 11 is 0. The standard InChI is InChI=1S/C16H16FNO/c1-2-15(19)13-9-6-10-14(17)16(13)18-11-12-7-4-3-5-8-12/h3-10,18H,2,11H2,1H3. The van der Waals surface area contributed by atoms with Crippen LogP contribution in [0.15, 0.2) is 48.5 Å². The molecule has 0 aliphatic heterocycles. The molecule has 0 amide bonds. The van der Waals surface area contributed by atoms with E-state index in [1.165, 1.54) is 6.07 Å². The van der Waals surface area contributed by atoms with Gasteiger partial charge in [-0.25, -0.2) is 4.39 Å². The Labute approximate surface area is 112 Å². The van der Waals surface area contributed by atoms with E-state index in [4.69, 9.17) is 0 Å². The van der Waals surface area contributed by atoms with E-state index in [1.54, 1.807) is 19.1 Å². The molecule has 0 radical (unpaired) electrons. The van der Waals surface area contributed by atoms with E-state index in [0.717, 1.165) is 5.56 Å². The molecule has 2 nitrogen and oxygen atoms in total. The molecule has 0 bridgehead atoms. The smallest absolute Gasteiger partial charge is 0.164 e. The molecule has 0 aromatic heterocycles. The maximum atomic E-state index is 13.8. The molecule has 0 unspecified atom stereocenters. The van der Waals surface area contributed by atoms with Crippen molar-refractivity contribution in [1.29, 1.82) is 0 Å². The lowest BCUT2D eigenvalue weighted by molar-refractivity contribution is 0.0988. The second-order valence-electron chi connectivity index (χ2n) is 4.28. The van der Waals surface area contributed by atoms with Crippen molar-refractivity contribution in [3.05, 3.63) is 65.5 Å². The number of Topliss-reactive ketones (excluding diaryl/α,β-unsaturated/α-hetero) is 1. The summed E-state index contributed by atoms with van der Waals surface area (Å²) in [4.78, 5) is 11.8. The minimum atomic E-state index is -0.393. The summed E-state index contributed by atoms with van der Waals surface area (Å²) in [6.07, 6.45) is 0.365. The molecule has 0 saturated carbocycles. The maximum absolute atomic E-state index is 13.8. The largest absolute Gasteiger partial charge is 0.378 e. The highest BCUT2D eigenvalue weighted by Gasteiger charge is 2.13. The summed E-state index contributed by atoms with van der Waals surface area (Å²) < 4.78 is 13.8. The third-order valence-corrected chi connectivity index (χ3v) is 2.95. The average Bonchev–Trinajstić information content (AvgIpc) is 2.46. The Kier molecular flexibility index (Phi) is 4.29. The topological polar surface area (TPSA) is 29.1 Å². The summed E-state index contributed by atoms with van der Waals surface area (Å²) in [7, 11) is 0. The van der Waals surface area contributed by atoms with Crippen LogP contribution in [0.25, 0.3) is 0 Å². The molecule has 1 N–H and O–H groups in total. The molecule has 98 valence electrons. The molecule has 0 spiro atoms. The van der Waals surface area contributed by atoms with Gasteiger partial charge in [-0.2, -0.15) is 0 Å². The Morgan fingerprint density at radius 1 is 1.11 bits per heavy atom.